The predicted molar refractivity (Wildman–Crippen MR) is 413 cm³/mol. The second-order valence-corrected chi connectivity index (χ2v) is 26.0. The fourth-order valence-corrected chi connectivity index (χ4v) is 11.5. The molecule has 0 radical (unpaired) electrons. The van der Waals surface area contributed by atoms with Crippen molar-refractivity contribution in [2.75, 3.05) is 38.5 Å². The Balaban J connectivity index is 0.000000836. The SMILES string of the molecule is CC.CCCc1cccc(C(OCc2ccccc2)C(F)(F)F)c1.CCCc1cccc(C)c1.Cc1ccc2c(c1)CC(N)=C2C(N)=O.Cc1ccc2c(c1)Cc1nc(Cc3cccc(C(OCc4ccccc4)C(F)(F)F)c3)nc(NCCCN(C)CCCNC(=O)OC(C)(C)C)c1-2.O=C=O.O=C=O.O=C=O.O=C=O.[2H]C. The van der Waals surface area contributed by atoms with Crippen molar-refractivity contribution in [3.63, 3.8) is 0 Å². The Morgan fingerprint density at radius 2 is 0.982 bits per heavy atom. The van der Waals surface area contributed by atoms with Crippen molar-refractivity contribution in [1.29, 1.82) is 0 Å². The molecule has 8 aromatic rings. The lowest BCUT2D eigenvalue weighted by Gasteiger charge is -2.22. The number of fused-ring (bicyclic) bond motifs is 4. The average Bonchev–Trinajstić information content (AvgIpc) is 1.62. The normalized spacial score (nSPS) is 11.6. The van der Waals surface area contributed by atoms with Gasteiger partial charge in [0.05, 0.1) is 24.5 Å². The number of benzene rings is 7. The maximum absolute atomic E-state index is 14.2. The van der Waals surface area contributed by atoms with Crippen molar-refractivity contribution >= 4 is 48.0 Å². The van der Waals surface area contributed by atoms with Gasteiger partial charge in [-0.25, -0.2) is 14.8 Å². The van der Waals surface area contributed by atoms with Crippen LogP contribution in [-0.2, 0) is 103 Å². The maximum Gasteiger partial charge on any atom is 0.418 e. The lowest BCUT2D eigenvalue weighted by Crippen LogP contribution is -2.34. The van der Waals surface area contributed by atoms with Crippen LogP contribution in [0, 0.1) is 20.8 Å². The van der Waals surface area contributed by atoms with Gasteiger partial charge < -0.3 is 41.2 Å². The van der Waals surface area contributed by atoms with E-state index < -0.39 is 42.2 Å². The smallest absolute Gasteiger partial charge is 0.418 e. The first kappa shape index (κ1) is 96.8. The number of anilines is 1. The third kappa shape index (κ3) is 36.9. The second kappa shape index (κ2) is 52.7. The summed E-state index contributed by atoms with van der Waals surface area (Å²) in [4.78, 5) is 100. The zero-order valence-corrected chi connectivity index (χ0v) is 65.5. The lowest BCUT2D eigenvalue weighted by molar-refractivity contribution is -0.227. The number of aryl methyl sites for hydroxylation is 5. The van der Waals surface area contributed by atoms with Crippen molar-refractivity contribution < 1.29 is 89.9 Å². The van der Waals surface area contributed by atoms with Gasteiger partial charge in [-0.1, -0.05) is 234 Å². The van der Waals surface area contributed by atoms with Crippen molar-refractivity contribution in [2.24, 2.45) is 11.5 Å². The first-order valence-electron chi connectivity index (χ1n) is 36.8. The Labute approximate surface area is 653 Å². The van der Waals surface area contributed by atoms with Crippen LogP contribution in [0.25, 0.3) is 16.7 Å². The number of nitrogens with one attached hydrogen (secondary N) is 2. The number of amides is 2. The van der Waals surface area contributed by atoms with Crippen LogP contribution in [0.15, 0.2) is 176 Å². The number of alkyl halides is 6. The van der Waals surface area contributed by atoms with Crippen LogP contribution in [0.2, 0.25) is 0 Å². The number of alkyl carbamates (subject to hydrolysis) is 1. The lowest BCUT2D eigenvalue weighted by atomic mass is 10.0. The summed E-state index contributed by atoms with van der Waals surface area (Å²) in [6.07, 6.45) is -5.05. The highest BCUT2D eigenvalue weighted by molar-refractivity contribution is 6.21. The van der Waals surface area contributed by atoms with Crippen LogP contribution >= 0.6 is 0 Å². The van der Waals surface area contributed by atoms with Gasteiger partial charge in [0.1, 0.15) is 17.2 Å². The Morgan fingerprint density at radius 3 is 1.44 bits per heavy atom. The van der Waals surface area contributed by atoms with Crippen molar-refractivity contribution in [1.82, 2.24) is 20.2 Å². The third-order valence-electron chi connectivity index (χ3n) is 15.9. The number of nitrogens with zero attached hydrogens (tertiary/aromatic N) is 3. The molecule has 2 atom stereocenters. The number of carbonyl (C=O) groups excluding carboxylic acids is 10. The van der Waals surface area contributed by atoms with Crippen LogP contribution in [-0.4, -0.2) is 103 Å². The van der Waals surface area contributed by atoms with E-state index in [2.05, 4.69) is 85.8 Å². The van der Waals surface area contributed by atoms with Crippen LogP contribution in [0.4, 0.5) is 37.0 Å². The molecule has 1 heterocycles. The van der Waals surface area contributed by atoms with Crippen molar-refractivity contribution in [3.05, 3.63) is 259 Å². The number of hydrogen-bond acceptors (Lipinski definition) is 18. The van der Waals surface area contributed by atoms with E-state index in [1.165, 1.54) is 60.2 Å². The summed E-state index contributed by atoms with van der Waals surface area (Å²) in [6, 6.07) is 51.7. The van der Waals surface area contributed by atoms with Gasteiger partial charge in [0.25, 0.3) is 5.91 Å². The van der Waals surface area contributed by atoms with E-state index in [-0.39, 0.29) is 55.4 Å². The highest BCUT2D eigenvalue weighted by atomic mass is 19.4. The van der Waals surface area contributed by atoms with Crippen molar-refractivity contribution in [3.8, 4) is 11.1 Å². The molecule has 602 valence electrons. The second-order valence-electron chi connectivity index (χ2n) is 26.0. The minimum atomic E-state index is -4.58. The van der Waals surface area contributed by atoms with E-state index in [1.807, 2.05) is 84.9 Å². The molecule has 10 rings (SSSR count). The Hall–Kier alpha value is -11.3. The number of allylic oxidation sites excluding steroid dienone is 1. The van der Waals surface area contributed by atoms with Crippen LogP contribution in [0.5, 0.6) is 0 Å². The molecule has 0 fully saturated rings. The van der Waals surface area contributed by atoms with Gasteiger partial charge in [-0.3, -0.25) is 4.79 Å². The van der Waals surface area contributed by atoms with Crippen LogP contribution in [0.3, 0.4) is 0 Å². The molecule has 2 amide bonds. The van der Waals surface area contributed by atoms with Gasteiger partial charge >= 0.3 is 43.1 Å². The molecule has 0 bridgehead atoms. The molecule has 0 saturated heterocycles. The zero-order valence-electron chi connectivity index (χ0n) is 66.5. The molecule has 2 aliphatic rings. The van der Waals surface area contributed by atoms with Gasteiger partial charge in [-0.15, -0.1) is 0 Å². The molecular weight excluding hydrogens is 1450 g/mol. The Morgan fingerprint density at radius 1 is 0.562 bits per heavy atom. The summed E-state index contributed by atoms with van der Waals surface area (Å²) in [6.45, 7) is 22.6. The quantitative estimate of drug-likeness (QED) is 0.0323. The Bertz CT molecular complexity index is 4280. The van der Waals surface area contributed by atoms with Crippen LogP contribution < -0.4 is 22.1 Å². The number of aromatic nitrogens is 2. The monoisotopic (exact) mass is 1560 g/mol. The number of primary amides is 1. The highest BCUT2D eigenvalue weighted by Gasteiger charge is 2.43. The van der Waals surface area contributed by atoms with E-state index in [1.54, 1.807) is 78.9 Å². The van der Waals surface area contributed by atoms with Gasteiger partial charge in [0.15, 0.2) is 12.2 Å². The minimum absolute atomic E-state index is 0.0445. The Kier molecular flexibility index (Phi) is 45.6. The molecule has 112 heavy (non-hydrogen) atoms. The van der Waals surface area contributed by atoms with E-state index >= 15 is 0 Å². The molecule has 7 aromatic carbocycles. The first-order valence-corrected chi connectivity index (χ1v) is 35.8. The van der Waals surface area contributed by atoms with Gasteiger partial charge in [0.2, 0.25) is 0 Å². The maximum atomic E-state index is 14.2. The molecule has 26 heteroatoms. The molecule has 6 N–H and O–H groups in total. The third-order valence-corrected chi connectivity index (χ3v) is 15.9. The van der Waals surface area contributed by atoms with E-state index in [0.717, 1.165) is 83.7 Å². The van der Waals surface area contributed by atoms with E-state index in [9.17, 15) is 35.9 Å². The number of carbonyl (C=O) groups is 2. The summed E-state index contributed by atoms with van der Waals surface area (Å²) >= 11 is 0. The minimum Gasteiger partial charge on any atom is -0.444 e. The van der Waals surface area contributed by atoms with Crippen LogP contribution in [0.1, 0.15) is 179 Å². The number of ether oxygens (including phenoxy) is 3. The highest BCUT2D eigenvalue weighted by Crippen LogP contribution is 2.42. The van der Waals surface area contributed by atoms with E-state index in [4.69, 9.17) is 75.4 Å². The van der Waals surface area contributed by atoms with E-state index in [0.29, 0.717) is 54.2 Å². The number of nitrogens with two attached hydrogens (primary N) is 2. The molecule has 1 aromatic heterocycles. The van der Waals surface area contributed by atoms with Gasteiger partial charge in [-0.05, 0) is 149 Å². The largest absolute Gasteiger partial charge is 0.444 e. The molecule has 0 spiro atoms. The molecule has 2 aliphatic carbocycles. The number of halogens is 6. The zero-order chi connectivity index (χ0) is 85.1. The summed E-state index contributed by atoms with van der Waals surface area (Å²) < 4.78 is 104. The molecule has 20 nitrogen and oxygen atoms in total. The standard InChI is InChI=1S/C40H48F3N5O3.C18H19F3O.C11H12N2O.C10H14.C2H6.4CO2.CH4/c1-27-16-17-32-31(22-27)25-33-35(32)37(44-18-10-20-48(5)21-11-19-45-38(49)51-39(2,3)4)47-34(46-33)24-29-14-9-15-30(23-29)36(40(41,42)43)50-26-28-12-7-6-8-13-28;1-2-7-14-10-6-11-16(12-14)17(18(19,20)21)22-13-15-8-4-3-5-9-15;1-6-2-3-8-7(4-6)5-9(12)10(8)11(13)14;1-3-5-10-7-4-6-9(2)8-10;1-2;4*2-1-3;/h6-9,12-17,22-23,36H,10-11,18-21,24-26H2,1-5H3,(H,45,49)(H,44,46,47);3-6,8-12,17H,2,7,13H2,1H3;2-4H,5,12H2,1H3,(H2,13,14);4,6-8H,3,5H2,1-2H3;1-2H3;;;;;1H4/i;;;;;;;;;1D. The first-order chi connectivity index (χ1) is 53.8. The summed E-state index contributed by atoms with van der Waals surface area (Å²) in [7, 11) is 3.30. The fraction of sp³-hybridized carbons (Fsp3) is 0.372. The molecule has 2 unspecified atom stereocenters. The van der Waals surface area contributed by atoms with Gasteiger partial charge in [0, 0.05) is 45.0 Å². The van der Waals surface area contributed by atoms with Gasteiger partial charge in [-0.2, -0.15) is 64.7 Å². The molecule has 0 saturated carbocycles. The summed E-state index contributed by atoms with van der Waals surface area (Å²) in [5.74, 6) is 0.837. The summed E-state index contributed by atoms with van der Waals surface area (Å²) in [5, 5.41) is 6.35. The topological polar surface area (TPSA) is 304 Å². The molecule has 0 aliphatic heterocycles. The number of hydrogen-bond donors (Lipinski definition) is 4. The fourth-order valence-electron chi connectivity index (χ4n) is 11.5. The summed E-state index contributed by atoms with van der Waals surface area (Å²) in [5.41, 5.74) is 26.1. The average molecular weight is 1560 g/mol. The molecular formula is C86H103F6N7O13. The van der Waals surface area contributed by atoms with Crippen molar-refractivity contribution in [2.45, 2.75) is 178 Å². The number of rotatable bonds is 24. The predicted octanol–water partition coefficient (Wildman–Crippen LogP) is 16.9.